The number of hydrogen-bond acceptors (Lipinski definition) is 1. The Morgan fingerprint density at radius 2 is 0.929 bits per heavy atom. The number of benzene rings is 10. The fourth-order valence-corrected chi connectivity index (χ4v) is 10.0. The molecular formula is C55H36O. The molecule has 1 heterocycles. The smallest absolute Gasteiger partial charge is 0.143 e. The molecule has 56 heavy (non-hydrogen) atoms. The van der Waals surface area contributed by atoms with E-state index in [0.717, 1.165) is 16.6 Å². The second-order valence-electron chi connectivity index (χ2n) is 16.0. The molecule has 0 bridgehead atoms. The quantitative estimate of drug-likeness (QED) is 0.166. The van der Waals surface area contributed by atoms with Gasteiger partial charge >= 0.3 is 0 Å². The van der Waals surface area contributed by atoms with Crippen molar-refractivity contribution in [2.24, 2.45) is 0 Å². The van der Waals surface area contributed by atoms with Crippen LogP contribution in [0.15, 0.2) is 186 Å². The summed E-state index contributed by atoms with van der Waals surface area (Å²) in [4.78, 5) is 0. The van der Waals surface area contributed by atoms with Crippen molar-refractivity contribution in [3.8, 4) is 44.5 Å². The van der Waals surface area contributed by atoms with Gasteiger partial charge in [-0.3, -0.25) is 0 Å². The summed E-state index contributed by atoms with van der Waals surface area (Å²) in [5.74, 6) is 0. The van der Waals surface area contributed by atoms with Gasteiger partial charge in [-0.05, 0) is 124 Å². The molecule has 1 heteroatoms. The van der Waals surface area contributed by atoms with E-state index in [2.05, 4.69) is 196 Å². The number of furan rings is 1. The van der Waals surface area contributed by atoms with Gasteiger partial charge in [0.2, 0.25) is 0 Å². The largest absolute Gasteiger partial charge is 0.455 e. The Balaban J connectivity index is 1.06. The Hall–Kier alpha value is -6.96. The minimum absolute atomic E-state index is 0.197. The normalized spacial score (nSPS) is 13.3. The Kier molecular flexibility index (Phi) is 6.46. The lowest BCUT2D eigenvalue weighted by Gasteiger charge is -2.23. The van der Waals surface area contributed by atoms with E-state index in [0.29, 0.717) is 0 Å². The molecule has 262 valence electrons. The first-order valence-corrected chi connectivity index (χ1v) is 19.6. The minimum Gasteiger partial charge on any atom is -0.455 e. The van der Waals surface area contributed by atoms with E-state index in [9.17, 15) is 0 Å². The lowest BCUT2D eigenvalue weighted by molar-refractivity contribution is 0.658. The van der Waals surface area contributed by atoms with Crippen molar-refractivity contribution in [1.29, 1.82) is 0 Å². The zero-order chi connectivity index (χ0) is 37.1. The topological polar surface area (TPSA) is 13.1 Å². The molecule has 0 atom stereocenters. The molecule has 0 fully saturated rings. The minimum atomic E-state index is -0.197. The fourth-order valence-electron chi connectivity index (χ4n) is 10.0. The van der Waals surface area contributed by atoms with Crippen molar-refractivity contribution in [2.45, 2.75) is 19.3 Å². The van der Waals surface area contributed by atoms with Crippen LogP contribution in [0.5, 0.6) is 0 Å². The van der Waals surface area contributed by atoms with Crippen molar-refractivity contribution in [2.75, 3.05) is 0 Å². The molecule has 12 rings (SSSR count). The third-order valence-corrected chi connectivity index (χ3v) is 12.6. The molecule has 0 aliphatic heterocycles. The molecule has 1 aliphatic rings. The molecule has 1 nitrogen and oxygen atoms in total. The fraction of sp³-hybridized carbons (Fsp3) is 0.0545. The Bertz CT molecular complexity index is 3380. The first kappa shape index (κ1) is 31.4. The van der Waals surface area contributed by atoms with E-state index in [1.54, 1.807) is 0 Å². The Labute approximate surface area is 325 Å². The first-order chi connectivity index (χ1) is 27.5. The lowest BCUT2D eigenvalue weighted by Crippen LogP contribution is -2.15. The van der Waals surface area contributed by atoms with Gasteiger partial charge in [-0.2, -0.15) is 0 Å². The standard InChI is InChI=1S/C55H36O/c1-55(2)48-28-25-39(32-47(48)45-27-29-49-52(53(45)55)46-26-24-34-14-6-7-15-40(34)54(46)56-49)51-43-18-10-8-16-41(43)50(42-17-9-11-19-44(42)51)38-23-22-36-30-35(20-21-37(36)31-38)33-12-4-3-5-13-33/h3-32H,1-2H3. The van der Waals surface area contributed by atoms with E-state index in [4.69, 9.17) is 4.42 Å². The van der Waals surface area contributed by atoms with Gasteiger partial charge in [0.15, 0.2) is 0 Å². The average Bonchev–Trinajstić information content (AvgIpc) is 3.74. The highest BCUT2D eigenvalue weighted by Crippen LogP contribution is 2.55. The zero-order valence-corrected chi connectivity index (χ0v) is 31.2. The summed E-state index contributed by atoms with van der Waals surface area (Å²) >= 11 is 0. The van der Waals surface area contributed by atoms with Gasteiger partial charge in [0.25, 0.3) is 0 Å². The van der Waals surface area contributed by atoms with Crippen LogP contribution in [-0.2, 0) is 5.41 Å². The maximum atomic E-state index is 6.67. The second kappa shape index (κ2) is 11.5. The summed E-state index contributed by atoms with van der Waals surface area (Å²) in [5, 5.41) is 12.3. The third-order valence-electron chi connectivity index (χ3n) is 12.6. The lowest BCUT2D eigenvalue weighted by atomic mass is 9.80. The molecule has 0 saturated carbocycles. The molecule has 0 spiro atoms. The molecule has 11 aromatic rings. The van der Waals surface area contributed by atoms with E-state index < -0.39 is 0 Å². The Morgan fingerprint density at radius 1 is 0.375 bits per heavy atom. The Morgan fingerprint density at radius 3 is 1.62 bits per heavy atom. The predicted octanol–water partition coefficient (Wildman–Crippen LogP) is 15.5. The SMILES string of the molecule is CC1(C)c2ccc(-c3c4ccccc4c(-c4ccc5cc(-c6ccccc6)ccc5c4)c4ccccc34)cc2-c2ccc3oc4c5ccccc5ccc4c3c21. The van der Waals surface area contributed by atoms with Crippen LogP contribution in [0.1, 0.15) is 25.0 Å². The van der Waals surface area contributed by atoms with E-state index in [1.807, 2.05) is 0 Å². The molecule has 0 saturated heterocycles. The van der Waals surface area contributed by atoms with Crippen molar-refractivity contribution in [3.63, 3.8) is 0 Å². The van der Waals surface area contributed by atoms with Crippen LogP contribution < -0.4 is 0 Å². The van der Waals surface area contributed by atoms with Crippen molar-refractivity contribution < 1.29 is 4.42 Å². The van der Waals surface area contributed by atoms with E-state index in [1.165, 1.54) is 104 Å². The number of fused-ring (bicyclic) bond motifs is 12. The molecule has 0 amide bonds. The number of hydrogen-bond donors (Lipinski definition) is 0. The monoisotopic (exact) mass is 712 g/mol. The van der Waals surface area contributed by atoms with Crippen LogP contribution in [-0.4, -0.2) is 0 Å². The summed E-state index contributed by atoms with van der Waals surface area (Å²) in [5.41, 5.74) is 14.6. The molecule has 0 radical (unpaired) electrons. The average molecular weight is 713 g/mol. The molecule has 1 aromatic heterocycles. The van der Waals surface area contributed by atoms with Crippen molar-refractivity contribution >= 4 is 65.0 Å². The maximum absolute atomic E-state index is 6.67. The van der Waals surface area contributed by atoms with E-state index in [-0.39, 0.29) is 5.41 Å². The van der Waals surface area contributed by atoms with Crippen molar-refractivity contribution in [1.82, 2.24) is 0 Å². The summed E-state index contributed by atoms with van der Waals surface area (Å²) in [6.07, 6.45) is 0. The summed E-state index contributed by atoms with van der Waals surface area (Å²) in [6, 6.07) is 67.1. The molecule has 10 aromatic carbocycles. The van der Waals surface area contributed by atoms with Crippen LogP contribution in [0.2, 0.25) is 0 Å². The van der Waals surface area contributed by atoms with Gasteiger partial charge in [0, 0.05) is 21.6 Å². The van der Waals surface area contributed by atoms with Gasteiger partial charge in [-0.25, -0.2) is 0 Å². The summed E-state index contributed by atoms with van der Waals surface area (Å²) in [7, 11) is 0. The summed E-state index contributed by atoms with van der Waals surface area (Å²) < 4.78 is 6.67. The molecule has 1 aliphatic carbocycles. The second-order valence-corrected chi connectivity index (χ2v) is 16.0. The highest BCUT2D eigenvalue weighted by Gasteiger charge is 2.38. The zero-order valence-electron chi connectivity index (χ0n) is 31.2. The molecule has 0 unspecified atom stereocenters. The van der Waals surface area contributed by atoms with Gasteiger partial charge < -0.3 is 4.42 Å². The number of rotatable bonds is 3. The van der Waals surface area contributed by atoms with Crippen LogP contribution in [0, 0.1) is 0 Å². The third kappa shape index (κ3) is 4.37. The first-order valence-electron chi connectivity index (χ1n) is 19.6. The highest BCUT2D eigenvalue weighted by molar-refractivity contribution is 6.22. The van der Waals surface area contributed by atoms with Crippen LogP contribution in [0.3, 0.4) is 0 Å². The van der Waals surface area contributed by atoms with Gasteiger partial charge in [0.05, 0.1) is 0 Å². The summed E-state index contributed by atoms with van der Waals surface area (Å²) in [6.45, 7) is 4.75. The molecule has 0 N–H and O–H groups in total. The van der Waals surface area contributed by atoms with Crippen LogP contribution in [0.4, 0.5) is 0 Å². The van der Waals surface area contributed by atoms with E-state index >= 15 is 0 Å². The maximum Gasteiger partial charge on any atom is 0.143 e. The predicted molar refractivity (Wildman–Crippen MR) is 238 cm³/mol. The molecular weight excluding hydrogens is 677 g/mol. The highest BCUT2D eigenvalue weighted by atomic mass is 16.3. The van der Waals surface area contributed by atoms with Gasteiger partial charge in [0.1, 0.15) is 11.2 Å². The van der Waals surface area contributed by atoms with Crippen LogP contribution >= 0.6 is 0 Å². The van der Waals surface area contributed by atoms with Gasteiger partial charge in [-0.15, -0.1) is 0 Å². The van der Waals surface area contributed by atoms with Crippen LogP contribution in [0.25, 0.3) is 110 Å². The van der Waals surface area contributed by atoms with Gasteiger partial charge in [-0.1, -0.05) is 166 Å². The van der Waals surface area contributed by atoms with Crippen molar-refractivity contribution in [3.05, 3.63) is 193 Å².